The normalized spacial score (nSPS) is 10.7. The molecule has 0 bridgehead atoms. The van der Waals surface area contributed by atoms with E-state index in [1.807, 2.05) is 53.9 Å². The topological polar surface area (TPSA) is 46.1 Å². The predicted octanol–water partition coefficient (Wildman–Crippen LogP) is 5.75. The van der Waals surface area contributed by atoms with Gasteiger partial charge in [0.1, 0.15) is 5.15 Å². The molecule has 2 heterocycles. The van der Waals surface area contributed by atoms with Crippen molar-refractivity contribution in [3.05, 3.63) is 101 Å². The monoisotopic (exact) mass is 419 g/mol. The fourth-order valence-corrected chi connectivity index (χ4v) is 3.93. The molecule has 1 amide bonds. The minimum Gasteiger partial charge on any atom is -0.284 e. The summed E-state index contributed by atoms with van der Waals surface area (Å²) in [6.07, 6.45) is 2.24. The number of thiazole rings is 1. The van der Waals surface area contributed by atoms with Crippen LogP contribution in [0.4, 0.5) is 5.13 Å². The van der Waals surface area contributed by atoms with Crippen molar-refractivity contribution >= 4 is 34.0 Å². The first-order chi connectivity index (χ1) is 14.2. The molecule has 0 N–H and O–H groups in total. The maximum atomic E-state index is 13.2. The molecule has 2 aromatic carbocycles. The van der Waals surface area contributed by atoms with Crippen molar-refractivity contribution in [2.24, 2.45) is 0 Å². The first-order valence-electron chi connectivity index (χ1n) is 9.19. The maximum Gasteiger partial charge on any atom is 0.261 e. The smallest absolute Gasteiger partial charge is 0.261 e. The summed E-state index contributed by atoms with van der Waals surface area (Å²) >= 11 is 7.34. The van der Waals surface area contributed by atoms with Crippen molar-refractivity contribution < 1.29 is 4.79 Å². The molecular formula is C23H18ClN3OS. The summed E-state index contributed by atoms with van der Waals surface area (Å²) in [5.74, 6) is -0.140. The van der Waals surface area contributed by atoms with E-state index in [9.17, 15) is 4.79 Å². The molecule has 0 fully saturated rings. The summed E-state index contributed by atoms with van der Waals surface area (Å²) in [5.41, 5.74) is 3.54. The summed E-state index contributed by atoms with van der Waals surface area (Å²) in [6, 6.07) is 23.4. The zero-order chi connectivity index (χ0) is 20.1. The van der Waals surface area contributed by atoms with Gasteiger partial charge in [-0.3, -0.25) is 9.69 Å². The van der Waals surface area contributed by atoms with Gasteiger partial charge in [-0.2, -0.15) is 0 Å². The van der Waals surface area contributed by atoms with Crippen molar-refractivity contribution in [1.29, 1.82) is 0 Å². The molecule has 2 aromatic heterocycles. The van der Waals surface area contributed by atoms with Crippen LogP contribution in [0.2, 0.25) is 5.15 Å². The van der Waals surface area contributed by atoms with Gasteiger partial charge in [0.2, 0.25) is 0 Å². The second-order valence-corrected chi connectivity index (χ2v) is 7.67. The third kappa shape index (κ3) is 4.70. The highest BCUT2D eigenvalue weighted by Crippen LogP contribution is 2.28. The Balaban J connectivity index is 1.63. The van der Waals surface area contributed by atoms with Gasteiger partial charge in [0.25, 0.3) is 5.91 Å². The van der Waals surface area contributed by atoms with E-state index < -0.39 is 0 Å². The summed E-state index contributed by atoms with van der Waals surface area (Å²) in [4.78, 5) is 23.7. The summed E-state index contributed by atoms with van der Waals surface area (Å²) in [5, 5.41) is 3.01. The predicted molar refractivity (Wildman–Crippen MR) is 119 cm³/mol. The lowest BCUT2D eigenvalue weighted by Gasteiger charge is -2.20. The first-order valence-corrected chi connectivity index (χ1v) is 10.4. The van der Waals surface area contributed by atoms with Gasteiger partial charge in [0.15, 0.2) is 5.13 Å². The molecule has 0 spiro atoms. The van der Waals surface area contributed by atoms with E-state index in [-0.39, 0.29) is 5.91 Å². The van der Waals surface area contributed by atoms with Crippen LogP contribution in [-0.4, -0.2) is 22.4 Å². The molecule has 0 aliphatic carbocycles. The largest absolute Gasteiger partial charge is 0.284 e. The van der Waals surface area contributed by atoms with Gasteiger partial charge in [-0.25, -0.2) is 9.97 Å². The van der Waals surface area contributed by atoms with Gasteiger partial charge in [0.05, 0.1) is 11.3 Å². The number of hydrogen-bond donors (Lipinski definition) is 0. The first kappa shape index (κ1) is 19.3. The summed E-state index contributed by atoms with van der Waals surface area (Å²) in [7, 11) is 0. The molecule has 0 atom stereocenters. The van der Waals surface area contributed by atoms with E-state index in [1.165, 1.54) is 23.1 Å². The average molecular weight is 420 g/mol. The third-order valence-electron chi connectivity index (χ3n) is 4.48. The highest BCUT2D eigenvalue weighted by molar-refractivity contribution is 7.14. The molecule has 0 radical (unpaired) electrons. The molecule has 6 heteroatoms. The van der Waals surface area contributed by atoms with E-state index in [1.54, 1.807) is 17.0 Å². The lowest BCUT2D eigenvalue weighted by Crippen LogP contribution is -2.33. The van der Waals surface area contributed by atoms with Gasteiger partial charge in [-0.05, 0) is 24.1 Å². The zero-order valence-electron chi connectivity index (χ0n) is 15.5. The number of aromatic nitrogens is 2. The molecule has 0 saturated carbocycles. The van der Waals surface area contributed by atoms with Gasteiger partial charge in [0, 0.05) is 23.7 Å². The van der Waals surface area contributed by atoms with Crippen LogP contribution in [0.15, 0.2) is 84.4 Å². The van der Waals surface area contributed by atoms with E-state index in [4.69, 9.17) is 16.6 Å². The summed E-state index contributed by atoms with van der Waals surface area (Å²) < 4.78 is 0. The van der Waals surface area contributed by atoms with Gasteiger partial charge in [-0.1, -0.05) is 72.3 Å². The molecule has 0 aliphatic heterocycles. The third-order valence-corrected chi connectivity index (χ3v) is 5.57. The van der Waals surface area contributed by atoms with Crippen LogP contribution in [-0.2, 0) is 6.42 Å². The molecule has 29 heavy (non-hydrogen) atoms. The number of rotatable bonds is 6. The standard InChI is InChI=1S/C23H18ClN3OS/c24-21-12-11-19(15-25-21)22(28)27(14-13-17-7-3-1-4-8-17)23-26-20(16-29-23)18-9-5-2-6-10-18/h1-12,15-16H,13-14H2. The van der Waals surface area contributed by atoms with E-state index >= 15 is 0 Å². The quantitative estimate of drug-likeness (QED) is 0.374. The van der Waals surface area contributed by atoms with Crippen molar-refractivity contribution in [3.8, 4) is 11.3 Å². The van der Waals surface area contributed by atoms with Gasteiger partial charge in [-0.15, -0.1) is 11.3 Å². The number of anilines is 1. The van der Waals surface area contributed by atoms with Crippen LogP contribution in [0.25, 0.3) is 11.3 Å². The Morgan fingerprint density at radius 2 is 1.69 bits per heavy atom. The second-order valence-electron chi connectivity index (χ2n) is 6.44. The fraction of sp³-hybridized carbons (Fsp3) is 0.0870. The Hall–Kier alpha value is -3.02. The van der Waals surface area contributed by atoms with E-state index in [2.05, 4.69) is 17.1 Å². The van der Waals surface area contributed by atoms with Crippen molar-refractivity contribution in [3.63, 3.8) is 0 Å². The van der Waals surface area contributed by atoms with Crippen LogP contribution in [0.3, 0.4) is 0 Å². The number of amides is 1. The van der Waals surface area contributed by atoms with E-state index in [0.29, 0.717) is 22.4 Å². The highest BCUT2D eigenvalue weighted by atomic mass is 35.5. The fourth-order valence-electron chi connectivity index (χ4n) is 2.96. The minimum atomic E-state index is -0.140. The molecule has 0 unspecified atom stereocenters. The number of carbonyl (C=O) groups excluding carboxylic acids is 1. The number of pyridine rings is 1. The van der Waals surface area contributed by atoms with Crippen LogP contribution >= 0.6 is 22.9 Å². The number of benzene rings is 2. The molecule has 144 valence electrons. The lowest BCUT2D eigenvalue weighted by atomic mass is 10.1. The molecule has 4 aromatic rings. The molecule has 0 saturated heterocycles. The van der Waals surface area contributed by atoms with Gasteiger partial charge < -0.3 is 0 Å². The van der Waals surface area contributed by atoms with Crippen LogP contribution in [0.5, 0.6) is 0 Å². The zero-order valence-corrected chi connectivity index (χ0v) is 17.1. The van der Waals surface area contributed by atoms with Gasteiger partial charge >= 0.3 is 0 Å². The minimum absolute atomic E-state index is 0.140. The van der Waals surface area contributed by atoms with Crippen molar-refractivity contribution in [2.75, 3.05) is 11.4 Å². The van der Waals surface area contributed by atoms with E-state index in [0.717, 1.165) is 17.7 Å². The van der Waals surface area contributed by atoms with Crippen molar-refractivity contribution in [1.82, 2.24) is 9.97 Å². The number of hydrogen-bond acceptors (Lipinski definition) is 4. The Morgan fingerprint density at radius 3 is 2.38 bits per heavy atom. The number of halogens is 1. The molecule has 4 rings (SSSR count). The SMILES string of the molecule is O=C(c1ccc(Cl)nc1)N(CCc1ccccc1)c1nc(-c2ccccc2)cs1. The summed E-state index contributed by atoms with van der Waals surface area (Å²) in [6.45, 7) is 0.521. The Labute approximate surface area is 178 Å². The Kier molecular flexibility index (Phi) is 5.98. The Morgan fingerprint density at radius 1 is 0.966 bits per heavy atom. The molecule has 0 aliphatic rings. The van der Waals surface area contributed by atoms with Crippen LogP contribution < -0.4 is 4.90 Å². The van der Waals surface area contributed by atoms with Crippen LogP contribution in [0.1, 0.15) is 15.9 Å². The molecule has 4 nitrogen and oxygen atoms in total. The maximum absolute atomic E-state index is 13.2. The number of nitrogens with zero attached hydrogens (tertiary/aromatic N) is 3. The lowest BCUT2D eigenvalue weighted by molar-refractivity contribution is 0.0987. The average Bonchev–Trinajstić information content (AvgIpc) is 3.26. The van der Waals surface area contributed by atoms with Crippen molar-refractivity contribution in [2.45, 2.75) is 6.42 Å². The second kappa shape index (κ2) is 8.99. The van der Waals surface area contributed by atoms with Crippen LogP contribution in [0, 0.1) is 0 Å². The number of carbonyl (C=O) groups is 1. The molecular weight excluding hydrogens is 402 g/mol. The Bertz CT molecular complexity index is 1080. The highest BCUT2D eigenvalue weighted by Gasteiger charge is 2.21.